The number of rotatable bonds is 3. The molecule has 2 N–H and O–H groups in total. The number of carboxylic acids is 1. The van der Waals surface area contributed by atoms with Crippen molar-refractivity contribution in [2.75, 3.05) is 18.9 Å². The van der Waals surface area contributed by atoms with E-state index in [2.05, 4.69) is 10.3 Å². The van der Waals surface area contributed by atoms with Gasteiger partial charge in [-0.2, -0.15) is 0 Å². The molecule has 2 rings (SSSR count). The molecule has 1 amide bonds. The van der Waals surface area contributed by atoms with Crippen LogP contribution in [-0.4, -0.2) is 46.5 Å². The minimum absolute atomic E-state index is 0.115. The zero-order chi connectivity index (χ0) is 13.1. The van der Waals surface area contributed by atoms with E-state index in [9.17, 15) is 9.59 Å². The number of likely N-dealkylation sites (tertiary alicyclic amines) is 1. The summed E-state index contributed by atoms with van der Waals surface area (Å²) in [6.45, 7) is 0.609. The third-order valence-corrected chi connectivity index (χ3v) is 2.99. The van der Waals surface area contributed by atoms with Crippen LogP contribution in [0.2, 0.25) is 0 Å². The second-order valence-electron chi connectivity index (χ2n) is 4.39. The minimum atomic E-state index is -0.976. The fourth-order valence-electron chi connectivity index (χ4n) is 1.98. The van der Waals surface area contributed by atoms with Crippen LogP contribution >= 0.6 is 0 Å². The van der Waals surface area contributed by atoms with E-state index < -0.39 is 5.97 Å². The molecule has 0 saturated carbocycles. The summed E-state index contributed by atoms with van der Waals surface area (Å²) < 4.78 is 0. The molecule has 0 aliphatic carbocycles. The van der Waals surface area contributed by atoms with Crippen LogP contribution in [-0.2, 0) is 4.79 Å². The van der Waals surface area contributed by atoms with Crippen molar-refractivity contribution in [1.29, 1.82) is 0 Å². The first-order valence-electron chi connectivity index (χ1n) is 5.76. The van der Waals surface area contributed by atoms with Crippen LogP contribution in [0.4, 0.5) is 5.82 Å². The summed E-state index contributed by atoms with van der Waals surface area (Å²) in [6, 6.07) is 3.06. The number of aromatic nitrogens is 1. The molecule has 6 heteroatoms. The van der Waals surface area contributed by atoms with Crippen molar-refractivity contribution < 1.29 is 14.7 Å². The van der Waals surface area contributed by atoms with Gasteiger partial charge in [0.2, 0.25) is 5.91 Å². The minimum Gasteiger partial charge on any atom is -0.478 e. The van der Waals surface area contributed by atoms with Gasteiger partial charge < -0.3 is 15.3 Å². The lowest BCUT2D eigenvalue weighted by Crippen LogP contribution is -2.43. The van der Waals surface area contributed by atoms with Crippen molar-refractivity contribution >= 4 is 17.7 Å². The van der Waals surface area contributed by atoms with Crippen molar-refractivity contribution in [3.05, 3.63) is 23.9 Å². The highest BCUT2D eigenvalue weighted by molar-refractivity contribution is 5.88. The average molecular weight is 249 g/mol. The van der Waals surface area contributed by atoms with Gasteiger partial charge in [0.25, 0.3) is 0 Å². The molecule has 1 unspecified atom stereocenters. The second kappa shape index (κ2) is 5.03. The molecule has 1 saturated heterocycles. The van der Waals surface area contributed by atoms with E-state index in [4.69, 9.17) is 5.11 Å². The Morgan fingerprint density at radius 2 is 2.39 bits per heavy atom. The molecule has 2 heterocycles. The molecule has 0 aromatic carbocycles. The molecule has 1 aliphatic rings. The third-order valence-electron chi connectivity index (χ3n) is 2.99. The van der Waals surface area contributed by atoms with E-state index >= 15 is 0 Å². The van der Waals surface area contributed by atoms with Gasteiger partial charge in [0, 0.05) is 32.3 Å². The monoisotopic (exact) mass is 249 g/mol. The molecule has 0 radical (unpaired) electrons. The van der Waals surface area contributed by atoms with E-state index in [1.807, 2.05) is 0 Å². The number of hydrogen-bond acceptors (Lipinski definition) is 4. The zero-order valence-corrected chi connectivity index (χ0v) is 10.1. The van der Waals surface area contributed by atoms with Crippen LogP contribution in [0.25, 0.3) is 0 Å². The lowest BCUT2D eigenvalue weighted by molar-refractivity contribution is -0.132. The van der Waals surface area contributed by atoms with Gasteiger partial charge in [-0.15, -0.1) is 0 Å². The van der Waals surface area contributed by atoms with Gasteiger partial charge in [0.05, 0.1) is 5.56 Å². The van der Waals surface area contributed by atoms with Crippen LogP contribution in [0.15, 0.2) is 18.3 Å². The molecule has 1 aromatic rings. The quantitative estimate of drug-likeness (QED) is 0.828. The Bertz CT molecular complexity index is 475. The van der Waals surface area contributed by atoms with Crippen molar-refractivity contribution in [2.45, 2.75) is 18.9 Å². The van der Waals surface area contributed by atoms with Crippen LogP contribution in [0.5, 0.6) is 0 Å². The van der Waals surface area contributed by atoms with E-state index in [1.165, 1.54) is 18.3 Å². The molecular weight excluding hydrogens is 234 g/mol. The van der Waals surface area contributed by atoms with E-state index in [0.29, 0.717) is 18.8 Å². The Hall–Kier alpha value is -2.11. The highest BCUT2D eigenvalue weighted by atomic mass is 16.4. The van der Waals surface area contributed by atoms with Crippen molar-refractivity contribution in [2.24, 2.45) is 0 Å². The van der Waals surface area contributed by atoms with Gasteiger partial charge in [-0.05, 0) is 18.6 Å². The summed E-state index contributed by atoms with van der Waals surface area (Å²) in [5.41, 5.74) is 0.202. The van der Waals surface area contributed by atoms with Gasteiger partial charge in [-0.3, -0.25) is 4.79 Å². The van der Waals surface area contributed by atoms with Crippen LogP contribution in [0.1, 0.15) is 23.2 Å². The first kappa shape index (κ1) is 12.3. The Morgan fingerprint density at radius 3 is 3.06 bits per heavy atom. The number of hydrogen-bond donors (Lipinski definition) is 2. The Balaban J connectivity index is 2.03. The maximum absolute atomic E-state index is 11.3. The molecule has 0 spiro atoms. The summed E-state index contributed by atoms with van der Waals surface area (Å²) in [5, 5.41) is 12.0. The number of aromatic carboxylic acids is 1. The van der Waals surface area contributed by atoms with E-state index in [0.717, 1.165) is 6.42 Å². The van der Waals surface area contributed by atoms with Crippen LogP contribution < -0.4 is 5.32 Å². The molecule has 6 nitrogen and oxygen atoms in total. The summed E-state index contributed by atoms with van der Waals surface area (Å²) in [5.74, 6) is -0.306. The number of carboxylic acid groups (broad SMARTS) is 1. The Labute approximate surface area is 105 Å². The molecule has 0 bridgehead atoms. The molecular formula is C12H15N3O3. The predicted octanol–water partition coefficient (Wildman–Crippen LogP) is 0.812. The second-order valence-corrected chi connectivity index (χ2v) is 4.39. The van der Waals surface area contributed by atoms with Crippen molar-refractivity contribution in [3.8, 4) is 0 Å². The number of nitrogens with one attached hydrogen (secondary N) is 1. The largest absolute Gasteiger partial charge is 0.478 e. The summed E-state index contributed by atoms with van der Waals surface area (Å²) in [4.78, 5) is 27.9. The van der Waals surface area contributed by atoms with Gasteiger partial charge in [-0.25, -0.2) is 9.78 Å². The lowest BCUT2D eigenvalue weighted by Gasteiger charge is -2.30. The Morgan fingerprint density at radius 1 is 1.61 bits per heavy atom. The number of nitrogens with zero attached hydrogens (tertiary/aromatic N) is 2. The van der Waals surface area contributed by atoms with Gasteiger partial charge in [0.15, 0.2) is 0 Å². The van der Waals surface area contributed by atoms with Crippen LogP contribution in [0, 0.1) is 0 Å². The molecule has 18 heavy (non-hydrogen) atoms. The molecule has 96 valence electrons. The first-order valence-corrected chi connectivity index (χ1v) is 5.76. The van der Waals surface area contributed by atoms with Gasteiger partial charge >= 0.3 is 5.97 Å². The van der Waals surface area contributed by atoms with Crippen LogP contribution in [0.3, 0.4) is 0 Å². The topological polar surface area (TPSA) is 82.5 Å². The zero-order valence-electron chi connectivity index (χ0n) is 10.1. The first-order chi connectivity index (χ1) is 8.56. The smallest absolute Gasteiger partial charge is 0.335 e. The summed E-state index contributed by atoms with van der Waals surface area (Å²) in [6.07, 6.45) is 2.71. The van der Waals surface area contributed by atoms with Gasteiger partial charge in [-0.1, -0.05) is 0 Å². The summed E-state index contributed by atoms with van der Waals surface area (Å²) >= 11 is 0. The number of piperidine rings is 1. The third kappa shape index (κ3) is 2.77. The number of amides is 1. The van der Waals surface area contributed by atoms with E-state index in [1.54, 1.807) is 11.9 Å². The molecule has 1 atom stereocenters. The summed E-state index contributed by atoms with van der Waals surface area (Å²) in [7, 11) is 1.76. The standard InChI is InChI=1S/C12H15N3O3/c1-15-7-9(2-3-11(15)16)14-10-6-8(12(17)18)4-5-13-10/h4-6,9H,2-3,7H2,1H3,(H,13,14)(H,17,18). The fourth-order valence-corrected chi connectivity index (χ4v) is 1.98. The Kier molecular flexibility index (Phi) is 3.45. The maximum atomic E-state index is 11.3. The van der Waals surface area contributed by atoms with Gasteiger partial charge in [0.1, 0.15) is 5.82 Å². The highest BCUT2D eigenvalue weighted by Crippen LogP contribution is 2.15. The maximum Gasteiger partial charge on any atom is 0.335 e. The van der Waals surface area contributed by atoms with Crippen molar-refractivity contribution in [1.82, 2.24) is 9.88 Å². The SMILES string of the molecule is CN1CC(Nc2cc(C(=O)O)ccn2)CCC1=O. The van der Waals surface area contributed by atoms with Crippen molar-refractivity contribution in [3.63, 3.8) is 0 Å². The predicted molar refractivity (Wildman–Crippen MR) is 65.5 cm³/mol. The van der Waals surface area contributed by atoms with E-state index in [-0.39, 0.29) is 17.5 Å². The fraction of sp³-hybridized carbons (Fsp3) is 0.417. The number of anilines is 1. The molecule has 1 fully saturated rings. The average Bonchev–Trinajstić information content (AvgIpc) is 2.34. The normalized spacial score (nSPS) is 19.7. The number of carbonyl (C=O) groups excluding carboxylic acids is 1. The lowest BCUT2D eigenvalue weighted by atomic mass is 10.1. The molecule has 1 aliphatic heterocycles. The number of pyridine rings is 1. The highest BCUT2D eigenvalue weighted by Gasteiger charge is 2.22. The molecule has 1 aromatic heterocycles. The number of carbonyl (C=O) groups is 2. The number of likely N-dealkylation sites (N-methyl/N-ethyl adjacent to an activating group) is 1.